The van der Waals surface area contributed by atoms with Crippen LogP contribution in [0.25, 0.3) is 0 Å². The van der Waals surface area contributed by atoms with Crippen LogP contribution >= 0.6 is 22.9 Å². The molecule has 0 unspecified atom stereocenters. The molecule has 10 heteroatoms. The third-order valence-electron chi connectivity index (χ3n) is 2.04. The predicted molar refractivity (Wildman–Crippen MR) is 66.9 cm³/mol. The minimum Gasteiger partial charge on any atom is -0.256 e. The van der Waals surface area contributed by atoms with Gasteiger partial charge in [0.25, 0.3) is 10.0 Å². The molecule has 0 aliphatic rings. The SMILES string of the molecule is Cc1nc(Cl)sc1S(=O)(=O)NCc1ncn(C)n1. The van der Waals surface area contributed by atoms with Crippen molar-refractivity contribution >= 4 is 33.0 Å². The second-order valence-electron chi connectivity index (χ2n) is 3.50. The molecule has 2 aromatic rings. The zero-order valence-electron chi connectivity index (χ0n) is 9.58. The summed E-state index contributed by atoms with van der Waals surface area (Å²) in [5, 5.41) is 3.98. The van der Waals surface area contributed by atoms with Crippen LogP contribution in [0, 0.1) is 6.92 Å². The van der Waals surface area contributed by atoms with E-state index in [-0.39, 0.29) is 15.2 Å². The molecule has 0 aromatic carbocycles. The zero-order chi connectivity index (χ0) is 13.3. The minimum atomic E-state index is -3.63. The largest absolute Gasteiger partial charge is 0.256 e. The highest BCUT2D eigenvalue weighted by molar-refractivity contribution is 7.91. The van der Waals surface area contributed by atoms with Gasteiger partial charge in [-0.15, -0.1) is 0 Å². The average Bonchev–Trinajstić information content (AvgIpc) is 2.82. The summed E-state index contributed by atoms with van der Waals surface area (Å²) in [4.78, 5) is 7.79. The third-order valence-corrected chi connectivity index (χ3v) is 5.31. The van der Waals surface area contributed by atoms with Crippen molar-refractivity contribution in [2.24, 2.45) is 7.05 Å². The fourth-order valence-electron chi connectivity index (χ4n) is 1.29. The Labute approximate surface area is 113 Å². The molecular formula is C8H10ClN5O2S2. The van der Waals surface area contributed by atoms with E-state index in [0.717, 1.165) is 11.3 Å². The molecule has 1 N–H and O–H groups in total. The molecule has 0 saturated carbocycles. The topological polar surface area (TPSA) is 89.8 Å². The monoisotopic (exact) mass is 307 g/mol. The molecule has 7 nitrogen and oxygen atoms in total. The van der Waals surface area contributed by atoms with Gasteiger partial charge in [0.15, 0.2) is 14.5 Å². The van der Waals surface area contributed by atoms with E-state index in [1.165, 1.54) is 11.0 Å². The summed E-state index contributed by atoms with van der Waals surface area (Å²) in [6.07, 6.45) is 1.50. The lowest BCUT2D eigenvalue weighted by atomic mass is 10.6. The fourth-order valence-corrected chi connectivity index (χ4v) is 4.05. The molecule has 0 bridgehead atoms. The van der Waals surface area contributed by atoms with Crippen LogP contribution in [0.5, 0.6) is 0 Å². The Morgan fingerprint density at radius 1 is 1.56 bits per heavy atom. The first kappa shape index (κ1) is 13.4. The summed E-state index contributed by atoms with van der Waals surface area (Å²) in [6, 6.07) is 0. The highest BCUT2D eigenvalue weighted by atomic mass is 35.5. The Kier molecular flexibility index (Phi) is 3.66. The first-order chi connectivity index (χ1) is 8.38. The number of hydrogen-bond donors (Lipinski definition) is 1. The van der Waals surface area contributed by atoms with E-state index in [1.807, 2.05) is 0 Å². The van der Waals surface area contributed by atoms with Crippen LogP contribution in [-0.2, 0) is 23.6 Å². The van der Waals surface area contributed by atoms with Crippen molar-refractivity contribution in [1.29, 1.82) is 0 Å². The van der Waals surface area contributed by atoms with Crippen molar-refractivity contribution < 1.29 is 8.42 Å². The van der Waals surface area contributed by atoms with E-state index in [0.29, 0.717) is 11.5 Å². The van der Waals surface area contributed by atoms with Crippen molar-refractivity contribution in [1.82, 2.24) is 24.5 Å². The van der Waals surface area contributed by atoms with Gasteiger partial charge in [-0.05, 0) is 6.92 Å². The second kappa shape index (κ2) is 4.92. The third kappa shape index (κ3) is 2.86. The van der Waals surface area contributed by atoms with E-state index < -0.39 is 10.0 Å². The first-order valence-corrected chi connectivity index (χ1v) is 7.53. The summed E-state index contributed by atoms with van der Waals surface area (Å²) >= 11 is 6.60. The molecule has 0 radical (unpaired) electrons. The van der Waals surface area contributed by atoms with Crippen LogP contribution in [0.2, 0.25) is 4.47 Å². The van der Waals surface area contributed by atoms with Crippen molar-refractivity contribution in [3.8, 4) is 0 Å². The molecule has 2 aromatic heterocycles. The van der Waals surface area contributed by atoms with Crippen LogP contribution in [0.1, 0.15) is 11.5 Å². The smallest absolute Gasteiger partial charge is 0.252 e. The Morgan fingerprint density at radius 2 is 2.28 bits per heavy atom. The second-order valence-corrected chi connectivity index (χ2v) is 7.04. The van der Waals surface area contributed by atoms with Crippen molar-refractivity contribution in [2.45, 2.75) is 17.7 Å². The maximum Gasteiger partial charge on any atom is 0.252 e. The Balaban J connectivity index is 2.15. The van der Waals surface area contributed by atoms with Gasteiger partial charge in [0.2, 0.25) is 0 Å². The van der Waals surface area contributed by atoms with E-state index in [2.05, 4.69) is 19.8 Å². The lowest BCUT2D eigenvalue weighted by molar-refractivity contribution is 0.580. The normalized spacial score (nSPS) is 11.9. The zero-order valence-corrected chi connectivity index (χ0v) is 12.0. The molecule has 18 heavy (non-hydrogen) atoms. The summed E-state index contributed by atoms with van der Waals surface area (Å²) in [5.41, 5.74) is 0.381. The molecule has 98 valence electrons. The lowest BCUT2D eigenvalue weighted by Crippen LogP contribution is -2.23. The summed E-state index contributed by atoms with van der Waals surface area (Å²) in [5.74, 6) is 0.398. The maximum absolute atomic E-state index is 12.0. The molecule has 0 amide bonds. The molecular weight excluding hydrogens is 298 g/mol. The number of hydrogen-bond acceptors (Lipinski definition) is 6. The molecule has 0 spiro atoms. The molecule has 0 fully saturated rings. The van der Waals surface area contributed by atoms with Crippen molar-refractivity contribution in [2.75, 3.05) is 0 Å². The summed E-state index contributed by atoms with van der Waals surface area (Å²) < 4.78 is 28.2. The van der Waals surface area contributed by atoms with Crippen molar-refractivity contribution in [3.63, 3.8) is 0 Å². The van der Waals surface area contributed by atoms with E-state index in [1.54, 1.807) is 14.0 Å². The van der Waals surface area contributed by atoms with E-state index >= 15 is 0 Å². The Morgan fingerprint density at radius 3 is 2.78 bits per heavy atom. The first-order valence-electron chi connectivity index (χ1n) is 4.85. The number of nitrogens with one attached hydrogen (secondary N) is 1. The quantitative estimate of drug-likeness (QED) is 0.898. The predicted octanol–water partition coefficient (Wildman–Crippen LogP) is 0.712. The van der Waals surface area contributed by atoms with Crippen LogP contribution in [0.3, 0.4) is 0 Å². The van der Waals surface area contributed by atoms with Gasteiger partial charge in [0.05, 0.1) is 12.2 Å². The molecule has 2 rings (SSSR count). The van der Waals surface area contributed by atoms with Gasteiger partial charge in [-0.3, -0.25) is 4.68 Å². The summed E-state index contributed by atoms with van der Waals surface area (Å²) in [6.45, 7) is 1.62. The van der Waals surface area contributed by atoms with Gasteiger partial charge in [-0.2, -0.15) is 5.10 Å². The highest BCUT2D eigenvalue weighted by Gasteiger charge is 2.21. The number of halogens is 1. The Bertz CT molecular complexity index is 663. The number of aromatic nitrogens is 4. The van der Waals surface area contributed by atoms with Crippen LogP contribution < -0.4 is 4.72 Å². The number of aryl methyl sites for hydroxylation is 2. The average molecular weight is 308 g/mol. The van der Waals surface area contributed by atoms with Crippen molar-refractivity contribution in [3.05, 3.63) is 22.3 Å². The lowest BCUT2D eigenvalue weighted by Gasteiger charge is -2.02. The van der Waals surface area contributed by atoms with Crippen LogP contribution in [0.4, 0.5) is 0 Å². The van der Waals surface area contributed by atoms with Gasteiger partial charge in [0.1, 0.15) is 6.33 Å². The molecule has 0 atom stereocenters. The number of thiazole rings is 1. The van der Waals surface area contributed by atoms with Crippen LogP contribution in [-0.4, -0.2) is 28.2 Å². The van der Waals surface area contributed by atoms with Crippen LogP contribution in [0.15, 0.2) is 10.5 Å². The van der Waals surface area contributed by atoms with Gasteiger partial charge in [-0.25, -0.2) is 23.1 Å². The van der Waals surface area contributed by atoms with Gasteiger partial charge in [0, 0.05) is 7.05 Å². The van der Waals surface area contributed by atoms with Gasteiger partial charge >= 0.3 is 0 Å². The number of sulfonamides is 1. The van der Waals surface area contributed by atoms with Gasteiger partial charge in [-0.1, -0.05) is 22.9 Å². The minimum absolute atomic E-state index is 0.0259. The Hall–Kier alpha value is -1.03. The van der Waals surface area contributed by atoms with E-state index in [9.17, 15) is 8.42 Å². The molecule has 0 saturated heterocycles. The molecule has 0 aliphatic heterocycles. The van der Waals surface area contributed by atoms with E-state index in [4.69, 9.17) is 11.6 Å². The molecule has 2 heterocycles. The maximum atomic E-state index is 12.0. The number of nitrogens with zero attached hydrogens (tertiary/aromatic N) is 4. The molecule has 0 aliphatic carbocycles. The highest BCUT2D eigenvalue weighted by Crippen LogP contribution is 2.26. The fraction of sp³-hybridized carbons (Fsp3) is 0.375. The number of rotatable bonds is 4. The van der Waals surface area contributed by atoms with Gasteiger partial charge < -0.3 is 0 Å². The summed E-state index contributed by atoms with van der Waals surface area (Å²) in [7, 11) is -1.92. The standard InChI is InChI=1S/C8H10ClN5O2S2/c1-5-7(17-8(9)12-5)18(15,16)11-3-6-10-4-14(2)13-6/h4,11H,3H2,1-2H3.